The van der Waals surface area contributed by atoms with E-state index in [-0.39, 0.29) is 5.41 Å². The average molecular weight is 961 g/mol. The topological polar surface area (TPSA) is 32.8 Å². The lowest BCUT2D eigenvalue weighted by molar-refractivity contribution is 0.645. The molecule has 2 aromatic heterocycles. The summed E-state index contributed by atoms with van der Waals surface area (Å²) >= 11 is 0. The van der Waals surface area contributed by atoms with Crippen LogP contribution < -0.4 is 9.80 Å². The summed E-state index contributed by atoms with van der Waals surface area (Å²) in [5, 5.41) is 9.59. The number of hydrogen-bond donors (Lipinski definition) is 0. The number of nitrogens with zero attached hydrogens (tertiary/aromatic N) is 2. The Morgan fingerprint density at radius 3 is 1.31 bits per heavy atom. The summed E-state index contributed by atoms with van der Waals surface area (Å²) < 4.78 is 12.4. The number of fused-ring (bicyclic) bond motifs is 10. The van der Waals surface area contributed by atoms with Crippen LogP contribution in [0.25, 0.3) is 98.8 Å². The minimum absolute atomic E-state index is 0.237. The van der Waals surface area contributed by atoms with Gasteiger partial charge in [0.1, 0.15) is 22.3 Å². The molecule has 0 spiro atoms. The Balaban J connectivity index is 0.768. The molecule has 0 unspecified atom stereocenters. The first-order chi connectivity index (χ1) is 36.9. The molecule has 12 aromatic carbocycles. The van der Waals surface area contributed by atoms with Gasteiger partial charge < -0.3 is 18.6 Å². The molecule has 1 aliphatic carbocycles. The number of anilines is 6. The number of rotatable bonds is 8. The average Bonchev–Trinajstić information content (AvgIpc) is 4.04. The molecule has 4 heteroatoms. The fraction of sp³-hybridized carbons (Fsp3) is 0.0423. The third-order valence-electron chi connectivity index (χ3n) is 15.8. The lowest BCUT2D eigenvalue weighted by Crippen LogP contribution is -2.23. The number of hydrogen-bond acceptors (Lipinski definition) is 4. The lowest BCUT2D eigenvalue weighted by Gasteiger charge is -2.36. The van der Waals surface area contributed by atoms with Crippen LogP contribution >= 0.6 is 0 Å². The molecule has 0 saturated heterocycles. The van der Waals surface area contributed by atoms with Crippen LogP contribution in [0.2, 0.25) is 0 Å². The first-order valence-electron chi connectivity index (χ1n) is 25.8. The molecule has 0 saturated carbocycles. The van der Waals surface area contributed by atoms with Crippen LogP contribution in [0.15, 0.2) is 264 Å². The summed E-state index contributed by atoms with van der Waals surface area (Å²) in [5.74, 6) is 0. The lowest BCUT2D eigenvalue weighted by atomic mass is 9.67. The minimum Gasteiger partial charge on any atom is -0.456 e. The summed E-state index contributed by atoms with van der Waals surface area (Å²) in [7, 11) is 0. The second-order valence-corrected chi connectivity index (χ2v) is 20.5. The quantitative estimate of drug-likeness (QED) is 0.142. The maximum Gasteiger partial charge on any atom is 0.135 e. The fourth-order valence-corrected chi connectivity index (χ4v) is 12.1. The molecule has 0 radical (unpaired) electrons. The van der Waals surface area contributed by atoms with Gasteiger partial charge in [0.25, 0.3) is 0 Å². The van der Waals surface area contributed by atoms with Gasteiger partial charge in [-0.15, -0.1) is 0 Å². The first kappa shape index (κ1) is 43.0. The van der Waals surface area contributed by atoms with E-state index in [4.69, 9.17) is 8.83 Å². The molecule has 0 N–H and O–H groups in total. The highest BCUT2D eigenvalue weighted by atomic mass is 16.3. The Morgan fingerprint density at radius 2 is 0.733 bits per heavy atom. The highest BCUT2D eigenvalue weighted by molar-refractivity contribution is 6.17. The SMILES string of the molecule is CC1(C)c2cc(-c3ccc(N(c4ccccc4)c4ccc5oc6ccccc6c5c4)cc3)ccc2-c2cc3ccc(-c4ccc(N(c5ccccc5)c5ccc6oc7ccccc7c6c5)cc4)cc3c3cccc1c23. The largest absolute Gasteiger partial charge is 0.456 e. The molecule has 14 aromatic rings. The summed E-state index contributed by atoms with van der Waals surface area (Å²) in [6.07, 6.45) is 0. The van der Waals surface area contributed by atoms with Crippen molar-refractivity contribution < 1.29 is 8.83 Å². The van der Waals surface area contributed by atoms with E-state index in [9.17, 15) is 0 Å². The van der Waals surface area contributed by atoms with Gasteiger partial charge in [0, 0.05) is 61.1 Å². The van der Waals surface area contributed by atoms with Crippen LogP contribution in [0.1, 0.15) is 25.0 Å². The van der Waals surface area contributed by atoms with Gasteiger partial charge in [-0.1, -0.05) is 153 Å². The van der Waals surface area contributed by atoms with E-state index in [1.807, 2.05) is 24.3 Å². The zero-order chi connectivity index (χ0) is 49.8. The van der Waals surface area contributed by atoms with Gasteiger partial charge in [-0.25, -0.2) is 0 Å². The van der Waals surface area contributed by atoms with E-state index in [0.29, 0.717) is 0 Å². The molecule has 2 heterocycles. The van der Waals surface area contributed by atoms with Crippen molar-refractivity contribution in [3.05, 3.63) is 266 Å². The van der Waals surface area contributed by atoms with Crippen molar-refractivity contribution in [2.24, 2.45) is 0 Å². The van der Waals surface area contributed by atoms with Crippen molar-refractivity contribution in [2.75, 3.05) is 9.80 Å². The van der Waals surface area contributed by atoms with Gasteiger partial charge in [-0.3, -0.25) is 0 Å². The van der Waals surface area contributed by atoms with E-state index in [1.165, 1.54) is 66.1 Å². The normalized spacial score (nSPS) is 12.8. The smallest absolute Gasteiger partial charge is 0.135 e. The molecule has 4 nitrogen and oxygen atoms in total. The molecular weight excluding hydrogens is 913 g/mol. The van der Waals surface area contributed by atoms with Crippen molar-refractivity contribution in [2.45, 2.75) is 19.3 Å². The molecule has 15 rings (SSSR count). The zero-order valence-electron chi connectivity index (χ0n) is 41.5. The number of furan rings is 2. The Kier molecular flexibility index (Phi) is 9.58. The molecule has 0 amide bonds. The predicted molar refractivity (Wildman–Crippen MR) is 314 cm³/mol. The summed E-state index contributed by atoms with van der Waals surface area (Å²) in [4.78, 5) is 4.65. The van der Waals surface area contributed by atoms with Gasteiger partial charge in [-0.05, 0) is 181 Å². The molecule has 0 fully saturated rings. The van der Waals surface area contributed by atoms with Gasteiger partial charge >= 0.3 is 0 Å². The van der Waals surface area contributed by atoms with Crippen LogP contribution in [0.3, 0.4) is 0 Å². The monoisotopic (exact) mass is 960 g/mol. The molecular formula is C71H48N2O2. The fourth-order valence-electron chi connectivity index (χ4n) is 12.1. The van der Waals surface area contributed by atoms with Gasteiger partial charge in [0.05, 0.1) is 0 Å². The standard InChI is InChI=1S/C71H48N2O2/c1-71(2)64-21-13-20-59-60-40-47(45-26-31-52(32-27-45)72(50-14-5-3-6-15-50)54-35-38-68-61(43-54)57-18-9-11-22-66(57)74-68)24-25-49(60)41-63(70(59)64)56-37-30-48(42-65(56)71)46-28-33-53(34-29-46)73(51-16-7-4-8-17-51)55-36-39-69-62(44-55)58-19-10-12-23-67(58)75-69/h3-44H,1-2H3. The molecule has 0 aliphatic heterocycles. The van der Waals surface area contributed by atoms with Crippen molar-refractivity contribution in [3.63, 3.8) is 0 Å². The first-order valence-corrected chi connectivity index (χ1v) is 25.8. The van der Waals surface area contributed by atoms with Crippen molar-refractivity contribution in [1.82, 2.24) is 0 Å². The van der Waals surface area contributed by atoms with Crippen molar-refractivity contribution in [3.8, 4) is 33.4 Å². The Morgan fingerprint density at radius 1 is 0.280 bits per heavy atom. The predicted octanol–water partition coefficient (Wildman–Crippen LogP) is 20.4. The second-order valence-electron chi connectivity index (χ2n) is 20.5. The third kappa shape index (κ3) is 6.91. The summed E-state index contributed by atoms with van der Waals surface area (Å²) in [5.41, 5.74) is 19.9. The summed E-state index contributed by atoms with van der Waals surface area (Å²) in [6.45, 7) is 4.79. The third-order valence-corrected chi connectivity index (χ3v) is 15.8. The second kappa shape index (κ2) is 16.7. The van der Waals surface area contributed by atoms with Crippen LogP contribution in [0, 0.1) is 0 Å². The van der Waals surface area contributed by atoms with E-state index >= 15 is 0 Å². The molecule has 0 atom stereocenters. The van der Waals surface area contributed by atoms with Crippen LogP contribution in [-0.2, 0) is 5.41 Å². The molecule has 1 aliphatic rings. The van der Waals surface area contributed by atoms with E-state index in [1.54, 1.807) is 0 Å². The highest BCUT2D eigenvalue weighted by Crippen LogP contribution is 2.52. The van der Waals surface area contributed by atoms with E-state index in [2.05, 4.69) is 254 Å². The van der Waals surface area contributed by atoms with Crippen molar-refractivity contribution >= 4 is 99.5 Å². The van der Waals surface area contributed by atoms with Crippen LogP contribution in [-0.4, -0.2) is 0 Å². The Hall–Kier alpha value is -9.64. The Labute approximate surface area is 434 Å². The van der Waals surface area contributed by atoms with Gasteiger partial charge in [-0.2, -0.15) is 0 Å². The maximum atomic E-state index is 6.21. The van der Waals surface area contributed by atoms with Crippen molar-refractivity contribution in [1.29, 1.82) is 0 Å². The van der Waals surface area contributed by atoms with Gasteiger partial charge in [0.2, 0.25) is 0 Å². The van der Waals surface area contributed by atoms with Crippen LogP contribution in [0.4, 0.5) is 34.1 Å². The number of benzene rings is 12. The molecule has 354 valence electrons. The molecule has 75 heavy (non-hydrogen) atoms. The Bertz CT molecular complexity index is 4550. The van der Waals surface area contributed by atoms with Crippen LogP contribution in [0.5, 0.6) is 0 Å². The van der Waals surface area contributed by atoms with E-state index in [0.717, 1.165) is 78.0 Å². The zero-order valence-corrected chi connectivity index (χ0v) is 41.5. The van der Waals surface area contributed by atoms with Gasteiger partial charge in [0.15, 0.2) is 0 Å². The molecule has 0 bridgehead atoms. The minimum atomic E-state index is -0.237. The van der Waals surface area contributed by atoms with E-state index < -0.39 is 0 Å². The maximum absolute atomic E-state index is 6.21. The highest BCUT2D eigenvalue weighted by Gasteiger charge is 2.34. The summed E-state index contributed by atoms with van der Waals surface area (Å²) in [6, 6.07) is 92.2. The number of para-hydroxylation sites is 4.